The third-order valence-corrected chi connectivity index (χ3v) is 2.28. The normalized spacial score (nSPS) is 10.8. The van der Waals surface area contributed by atoms with E-state index in [0.717, 1.165) is 10.9 Å². The molecule has 1 nitrogen and oxygen atoms in total. The van der Waals surface area contributed by atoms with Crippen molar-refractivity contribution in [2.24, 2.45) is 0 Å². The fourth-order valence-corrected chi connectivity index (χ4v) is 1.60. The van der Waals surface area contributed by atoms with Gasteiger partial charge in [0.25, 0.3) is 0 Å². The number of hydrogen-bond acceptors (Lipinski definition) is 0. The topological polar surface area (TPSA) is 15.8 Å². The van der Waals surface area contributed by atoms with Crippen LogP contribution in [0.4, 0.5) is 0 Å². The average molecular weight is 243 g/mol. The lowest BCUT2D eigenvalue weighted by Gasteiger charge is -1.85. The fraction of sp³-hybridized carbons (Fsp3) is 0.294. The molecule has 2 rings (SSSR count). The van der Waals surface area contributed by atoms with Gasteiger partial charge in [0.15, 0.2) is 0 Å². The lowest BCUT2D eigenvalue weighted by Crippen LogP contribution is -2.19. The highest BCUT2D eigenvalue weighted by atomic mass is 14.7. The summed E-state index contributed by atoms with van der Waals surface area (Å²) in [4.78, 5) is 3.26. The highest BCUT2D eigenvalue weighted by Gasteiger charge is 1.95. The molecule has 1 heteroatoms. The number of hydrogen-bond donors (Lipinski definition) is 1. The van der Waals surface area contributed by atoms with Gasteiger partial charge in [0.2, 0.25) is 0 Å². The number of H-pyrrole nitrogens is 1. The van der Waals surface area contributed by atoms with Gasteiger partial charge in [0, 0.05) is 21.5 Å². The first-order chi connectivity index (χ1) is 8.83. The third-order valence-electron chi connectivity index (χ3n) is 2.28. The Morgan fingerprint density at radius 3 is 2.28 bits per heavy atom. The Morgan fingerprint density at radius 2 is 1.67 bits per heavy atom. The molecule has 1 aromatic heterocycles. The van der Waals surface area contributed by atoms with Crippen LogP contribution >= 0.6 is 0 Å². The van der Waals surface area contributed by atoms with Crippen LogP contribution in [0.25, 0.3) is 23.6 Å². The number of benzene rings is 1. The van der Waals surface area contributed by atoms with Crippen molar-refractivity contribution in [2.45, 2.75) is 34.6 Å². The average Bonchev–Trinajstić information content (AvgIpc) is 2.76. The lowest BCUT2D eigenvalue weighted by molar-refractivity contribution is 1.37. The van der Waals surface area contributed by atoms with E-state index in [9.17, 15) is 0 Å². The molecule has 0 unspecified atom stereocenters. The molecule has 0 aliphatic heterocycles. The van der Waals surface area contributed by atoms with Crippen molar-refractivity contribution in [1.29, 1.82) is 0 Å². The summed E-state index contributed by atoms with van der Waals surface area (Å²) in [5, 5.41) is 3.39. The highest BCUT2D eigenvalue weighted by molar-refractivity contribution is 5.81. The van der Waals surface area contributed by atoms with E-state index >= 15 is 0 Å². The summed E-state index contributed by atoms with van der Waals surface area (Å²) in [5.41, 5.74) is 1.15. The number of para-hydroxylation sites is 1. The second-order valence-electron chi connectivity index (χ2n) is 3.26. The minimum atomic E-state index is 0.976. The van der Waals surface area contributed by atoms with Crippen LogP contribution < -0.4 is 10.6 Å². The van der Waals surface area contributed by atoms with Crippen molar-refractivity contribution in [1.82, 2.24) is 4.98 Å². The van der Waals surface area contributed by atoms with Gasteiger partial charge < -0.3 is 4.98 Å². The summed E-state index contributed by atoms with van der Waals surface area (Å²) in [7, 11) is 0. The van der Waals surface area contributed by atoms with Gasteiger partial charge in [-0.1, -0.05) is 70.7 Å². The fourth-order valence-electron chi connectivity index (χ4n) is 1.60. The summed E-state index contributed by atoms with van der Waals surface area (Å²) in [6.45, 7) is 14.0. The van der Waals surface area contributed by atoms with Crippen molar-refractivity contribution in [3.8, 4) is 0 Å². The molecule has 0 amide bonds. The standard InChI is InChI=1S/C13H13N.2C2H6/c1-3-4-7-11-10(2)14-13-9-6-5-8-12(11)13;2*1-2/h3-9,14H,2H2,1H3;2*1-2H3/b4-3-,11-7+;;. The molecule has 98 valence electrons. The quantitative estimate of drug-likeness (QED) is 0.779. The zero-order valence-electron chi connectivity index (χ0n) is 12.2. The van der Waals surface area contributed by atoms with Crippen molar-refractivity contribution >= 4 is 23.6 Å². The molecule has 0 fully saturated rings. The predicted octanol–water partition coefficient (Wildman–Crippen LogP) is 3.99. The van der Waals surface area contributed by atoms with E-state index in [2.05, 4.69) is 29.8 Å². The molecule has 1 N–H and O–H groups in total. The molecule has 18 heavy (non-hydrogen) atoms. The monoisotopic (exact) mass is 243 g/mol. The first kappa shape index (κ1) is 16.2. The maximum absolute atomic E-state index is 3.99. The van der Waals surface area contributed by atoms with Gasteiger partial charge in [-0.25, -0.2) is 0 Å². The molecule has 0 bridgehead atoms. The molecule has 0 spiro atoms. The molecule has 1 heterocycles. The van der Waals surface area contributed by atoms with Crippen LogP contribution in [0.2, 0.25) is 0 Å². The second-order valence-corrected chi connectivity index (χ2v) is 3.26. The summed E-state index contributed by atoms with van der Waals surface area (Å²) in [5.74, 6) is 0. The molecule has 2 aromatic rings. The third kappa shape index (κ3) is 3.92. The van der Waals surface area contributed by atoms with Crippen molar-refractivity contribution in [2.75, 3.05) is 0 Å². The predicted molar refractivity (Wildman–Crippen MR) is 85.0 cm³/mol. The van der Waals surface area contributed by atoms with Crippen LogP contribution in [0.5, 0.6) is 0 Å². The van der Waals surface area contributed by atoms with Gasteiger partial charge in [0.1, 0.15) is 0 Å². The highest BCUT2D eigenvalue weighted by Crippen LogP contribution is 2.03. The molecule has 1 aromatic carbocycles. The van der Waals surface area contributed by atoms with Crippen molar-refractivity contribution in [3.63, 3.8) is 0 Å². The number of fused-ring (bicyclic) bond motifs is 1. The Hall–Kier alpha value is -1.76. The maximum atomic E-state index is 3.99. The van der Waals surface area contributed by atoms with Gasteiger partial charge in [-0.3, -0.25) is 0 Å². The number of nitrogens with one attached hydrogen (secondary N) is 1. The molecular formula is C17H25N. The Bertz CT molecular complexity index is 573. The van der Waals surface area contributed by atoms with Crippen LogP contribution in [-0.2, 0) is 0 Å². The van der Waals surface area contributed by atoms with E-state index in [1.54, 1.807) is 0 Å². The Balaban J connectivity index is 0.000000659. The molecular weight excluding hydrogens is 218 g/mol. The first-order valence-corrected chi connectivity index (χ1v) is 6.71. The van der Waals surface area contributed by atoms with Gasteiger partial charge >= 0.3 is 0 Å². The molecule has 0 aliphatic rings. The van der Waals surface area contributed by atoms with E-state index in [1.165, 1.54) is 10.6 Å². The minimum Gasteiger partial charge on any atom is -0.355 e. The summed E-state index contributed by atoms with van der Waals surface area (Å²) in [6.07, 6.45) is 6.13. The largest absolute Gasteiger partial charge is 0.355 e. The molecule has 0 saturated heterocycles. The molecule has 0 saturated carbocycles. The summed E-state index contributed by atoms with van der Waals surface area (Å²) < 4.78 is 0. The molecule has 0 radical (unpaired) electrons. The Labute approximate surface area is 111 Å². The number of aromatic nitrogens is 1. The summed E-state index contributed by atoms with van der Waals surface area (Å²) >= 11 is 0. The lowest BCUT2D eigenvalue weighted by atomic mass is 10.2. The zero-order valence-corrected chi connectivity index (χ0v) is 12.2. The number of aromatic amines is 1. The van der Waals surface area contributed by atoms with Gasteiger partial charge in [0.05, 0.1) is 0 Å². The van der Waals surface area contributed by atoms with E-state index < -0.39 is 0 Å². The van der Waals surface area contributed by atoms with Crippen LogP contribution in [-0.4, -0.2) is 4.98 Å². The van der Waals surface area contributed by atoms with Crippen LogP contribution in [0.1, 0.15) is 34.6 Å². The van der Waals surface area contributed by atoms with Crippen molar-refractivity contribution in [3.05, 3.63) is 47.0 Å². The van der Waals surface area contributed by atoms with Crippen LogP contribution in [0.3, 0.4) is 0 Å². The van der Waals surface area contributed by atoms with E-state index in [0.29, 0.717) is 0 Å². The number of rotatable bonds is 1. The minimum absolute atomic E-state index is 0.976. The van der Waals surface area contributed by atoms with E-state index in [4.69, 9.17) is 0 Å². The van der Waals surface area contributed by atoms with Gasteiger partial charge in [-0.05, 0) is 13.0 Å². The SMILES string of the molecule is C=c1[nH]c2ccccc2/c1=C/C=C\C.CC.CC. The van der Waals surface area contributed by atoms with Crippen LogP contribution in [0, 0.1) is 0 Å². The number of allylic oxidation sites excluding steroid dienone is 2. The van der Waals surface area contributed by atoms with E-state index in [1.807, 2.05) is 58.9 Å². The van der Waals surface area contributed by atoms with Gasteiger partial charge in [-0.15, -0.1) is 0 Å². The first-order valence-electron chi connectivity index (χ1n) is 6.71. The molecule has 0 atom stereocenters. The van der Waals surface area contributed by atoms with Crippen LogP contribution in [0.15, 0.2) is 36.4 Å². The Morgan fingerprint density at radius 1 is 1.06 bits per heavy atom. The molecule has 0 aliphatic carbocycles. The van der Waals surface area contributed by atoms with Gasteiger partial charge in [-0.2, -0.15) is 0 Å². The van der Waals surface area contributed by atoms with E-state index in [-0.39, 0.29) is 0 Å². The summed E-state index contributed by atoms with van der Waals surface area (Å²) in [6, 6.07) is 8.24. The maximum Gasteiger partial charge on any atom is 0.0464 e. The smallest absolute Gasteiger partial charge is 0.0464 e. The second kappa shape index (κ2) is 9.29. The van der Waals surface area contributed by atoms with Crippen molar-refractivity contribution < 1.29 is 0 Å². The zero-order chi connectivity index (χ0) is 14.0. The Kier molecular flexibility index (Phi) is 8.38.